The molecule has 0 radical (unpaired) electrons. The number of ether oxygens (including phenoxy) is 1. The summed E-state index contributed by atoms with van der Waals surface area (Å²) in [5, 5.41) is 8.83. The number of carbonyl (C=O) groups excluding carboxylic acids is 1. The molecule has 1 amide bonds. The van der Waals surface area contributed by atoms with Crippen molar-refractivity contribution in [3.8, 4) is 6.07 Å². The normalized spacial score (nSPS) is 16.3. The third-order valence-electron chi connectivity index (χ3n) is 3.30. The number of benzene rings is 1. The average molecular weight is 244 g/mol. The van der Waals surface area contributed by atoms with Crippen LogP contribution in [0.1, 0.15) is 28.8 Å². The van der Waals surface area contributed by atoms with Crippen LogP contribution in [-0.4, -0.2) is 37.1 Å². The summed E-state index contributed by atoms with van der Waals surface area (Å²) in [4.78, 5) is 14.1. The number of hydrogen-bond acceptors (Lipinski definition) is 3. The number of nitrogens with zero attached hydrogens (tertiary/aromatic N) is 2. The second-order valence-corrected chi connectivity index (χ2v) is 4.42. The summed E-state index contributed by atoms with van der Waals surface area (Å²) in [5.74, 6) is 0.00153. The first-order valence-electron chi connectivity index (χ1n) is 6.07. The maximum absolute atomic E-state index is 12.2. The molecule has 0 saturated carbocycles. The first-order valence-corrected chi connectivity index (χ1v) is 6.07. The second kappa shape index (κ2) is 5.65. The van der Waals surface area contributed by atoms with E-state index < -0.39 is 0 Å². The Morgan fingerprint density at radius 1 is 1.44 bits per heavy atom. The summed E-state index contributed by atoms with van der Waals surface area (Å²) in [6.45, 7) is 1.43. The molecule has 1 saturated heterocycles. The zero-order chi connectivity index (χ0) is 13.0. The van der Waals surface area contributed by atoms with Gasteiger partial charge >= 0.3 is 0 Å². The molecule has 0 unspecified atom stereocenters. The highest BCUT2D eigenvalue weighted by molar-refractivity contribution is 5.94. The van der Waals surface area contributed by atoms with Crippen LogP contribution in [0.3, 0.4) is 0 Å². The summed E-state index contributed by atoms with van der Waals surface area (Å²) >= 11 is 0. The van der Waals surface area contributed by atoms with Crippen LogP contribution in [0.4, 0.5) is 0 Å². The molecule has 0 aliphatic carbocycles. The van der Waals surface area contributed by atoms with Crippen LogP contribution in [0.25, 0.3) is 0 Å². The third kappa shape index (κ3) is 2.69. The van der Waals surface area contributed by atoms with Gasteiger partial charge in [0.2, 0.25) is 0 Å². The third-order valence-corrected chi connectivity index (χ3v) is 3.30. The van der Waals surface area contributed by atoms with Gasteiger partial charge in [-0.2, -0.15) is 5.26 Å². The summed E-state index contributed by atoms with van der Waals surface area (Å²) in [5.41, 5.74) is 1.11. The molecule has 4 nitrogen and oxygen atoms in total. The largest absolute Gasteiger partial charge is 0.381 e. The van der Waals surface area contributed by atoms with Crippen molar-refractivity contribution in [2.24, 2.45) is 0 Å². The van der Waals surface area contributed by atoms with Crippen LogP contribution in [0, 0.1) is 11.3 Å². The quantitative estimate of drug-likeness (QED) is 0.797. The Morgan fingerprint density at radius 3 is 2.78 bits per heavy atom. The van der Waals surface area contributed by atoms with Crippen molar-refractivity contribution in [1.82, 2.24) is 4.90 Å². The number of hydrogen-bond donors (Lipinski definition) is 0. The van der Waals surface area contributed by atoms with Crippen molar-refractivity contribution in [3.05, 3.63) is 35.4 Å². The maximum Gasteiger partial charge on any atom is 0.253 e. The SMILES string of the molecule is COC1CCN(C(=O)c2cccc(C#N)c2)CC1. The highest BCUT2D eigenvalue weighted by Crippen LogP contribution is 2.16. The van der Waals surface area contributed by atoms with Crippen molar-refractivity contribution in [2.75, 3.05) is 20.2 Å². The van der Waals surface area contributed by atoms with Gasteiger partial charge in [0.05, 0.1) is 17.7 Å². The van der Waals surface area contributed by atoms with Crippen LogP contribution >= 0.6 is 0 Å². The van der Waals surface area contributed by atoms with Gasteiger partial charge in [-0.05, 0) is 31.0 Å². The average Bonchev–Trinajstić information content (AvgIpc) is 2.46. The van der Waals surface area contributed by atoms with Gasteiger partial charge in [-0.1, -0.05) is 6.07 Å². The van der Waals surface area contributed by atoms with E-state index in [1.807, 2.05) is 4.90 Å². The predicted molar refractivity (Wildman–Crippen MR) is 67.1 cm³/mol. The van der Waals surface area contributed by atoms with Gasteiger partial charge in [0.25, 0.3) is 5.91 Å². The summed E-state index contributed by atoms with van der Waals surface area (Å²) in [6, 6.07) is 8.90. The van der Waals surface area contributed by atoms with Crippen LogP contribution in [-0.2, 0) is 4.74 Å². The minimum atomic E-state index is 0.00153. The summed E-state index contributed by atoms with van der Waals surface area (Å²) < 4.78 is 5.28. The van der Waals surface area contributed by atoms with Crippen molar-refractivity contribution in [1.29, 1.82) is 5.26 Å². The lowest BCUT2D eigenvalue weighted by atomic mass is 10.1. The molecule has 0 atom stereocenters. The van der Waals surface area contributed by atoms with E-state index in [0.717, 1.165) is 12.8 Å². The monoisotopic (exact) mass is 244 g/mol. The Balaban J connectivity index is 2.06. The molecule has 0 spiro atoms. The van der Waals surface area contributed by atoms with Gasteiger partial charge in [-0.25, -0.2) is 0 Å². The standard InChI is InChI=1S/C14H16N2O2/c1-18-13-5-7-16(8-6-13)14(17)12-4-2-3-11(9-12)10-15/h2-4,9,13H,5-8H2,1H3. The topological polar surface area (TPSA) is 53.3 Å². The molecule has 1 aromatic carbocycles. The fourth-order valence-electron chi connectivity index (χ4n) is 2.20. The van der Waals surface area contributed by atoms with Gasteiger partial charge in [0, 0.05) is 25.8 Å². The highest BCUT2D eigenvalue weighted by atomic mass is 16.5. The van der Waals surface area contributed by atoms with Crippen LogP contribution in [0.15, 0.2) is 24.3 Å². The Morgan fingerprint density at radius 2 is 2.17 bits per heavy atom. The van der Waals surface area contributed by atoms with Gasteiger partial charge < -0.3 is 9.64 Å². The highest BCUT2D eigenvalue weighted by Gasteiger charge is 2.23. The minimum absolute atomic E-state index is 0.00153. The van der Waals surface area contributed by atoms with Crippen molar-refractivity contribution >= 4 is 5.91 Å². The Hall–Kier alpha value is -1.86. The molecule has 2 rings (SSSR count). The minimum Gasteiger partial charge on any atom is -0.381 e. The van der Waals surface area contributed by atoms with E-state index in [1.54, 1.807) is 31.4 Å². The first kappa shape index (κ1) is 12.6. The van der Waals surface area contributed by atoms with E-state index >= 15 is 0 Å². The molecular weight excluding hydrogens is 228 g/mol. The number of likely N-dealkylation sites (tertiary alicyclic amines) is 1. The maximum atomic E-state index is 12.2. The molecule has 4 heteroatoms. The number of carbonyl (C=O) groups is 1. The molecule has 1 fully saturated rings. The van der Waals surface area contributed by atoms with Gasteiger partial charge in [0.1, 0.15) is 0 Å². The smallest absolute Gasteiger partial charge is 0.253 e. The number of amides is 1. The number of methoxy groups -OCH3 is 1. The van der Waals surface area contributed by atoms with Crippen LogP contribution < -0.4 is 0 Å². The van der Waals surface area contributed by atoms with E-state index in [0.29, 0.717) is 24.2 Å². The van der Waals surface area contributed by atoms with Crippen molar-refractivity contribution in [2.45, 2.75) is 18.9 Å². The fraction of sp³-hybridized carbons (Fsp3) is 0.429. The van der Waals surface area contributed by atoms with Crippen molar-refractivity contribution < 1.29 is 9.53 Å². The van der Waals surface area contributed by atoms with E-state index in [1.165, 1.54) is 0 Å². The lowest BCUT2D eigenvalue weighted by molar-refractivity contribution is 0.0351. The zero-order valence-corrected chi connectivity index (χ0v) is 10.4. The number of nitriles is 1. The zero-order valence-electron chi connectivity index (χ0n) is 10.4. The van der Waals surface area contributed by atoms with Crippen molar-refractivity contribution in [3.63, 3.8) is 0 Å². The lowest BCUT2D eigenvalue weighted by Crippen LogP contribution is -2.40. The fourth-order valence-corrected chi connectivity index (χ4v) is 2.20. The van der Waals surface area contributed by atoms with E-state index in [2.05, 4.69) is 6.07 Å². The molecule has 1 aromatic rings. The van der Waals surface area contributed by atoms with Gasteiger partial charge in [0.15, 0.2) is 0 Å². The molecule has 0 bridgehead atoms. The van der Waals surface area contributed by atoms with E-state index in [-0.39, 0.29) is 12.0 Å². The molecule has 94 valence electrons. The van der Waals surface area contributed by atoms with Gasteiger partial charge in [-0.15, -0.1) is 0 Å². The molecule has 0 aromatic heterocycles. The summed E-state index contributed by atoms with van der Waals surface area (Å²) in [7, 11) is 1.71. The molecule has 0 N–H and O–H groups in total. The molecule has 1 aliphatic heterocycles. The number of piperidine rings is 1. The van der Waals surface area contributed by atoms with Gasteiger partial charge in [-0.3, -0.25) is 4.79 Å². The van der Waals surface area contributed by atoms with E-state index in [4.69, 9.17) is 10.00 Å². The Labute approximate surface area is 107 Å². The van der Waals surface area contributed by atoms with Crippen LogP contribution in [0.5, 0.6) is 0 Å². The van der Waals surface area contributed by atoms with E-state index in [9.17, 15) is 4.79 Å². The lowest BCUT2D eigenvalue weighted by Gasteiger charge is -2.31. The molecule has 18 heavy (non-hydrogen) atoms. The Bertz CT molecular complexity index is 471. The predicted octanol–water partition coefficient (Wildman–Crippen LogP) is 1.81. The van der Waals surface area contributed by atoms with Crippen LogP contribution in [0.2, 0.25) is 0 Å². The first-order chi connectivity index (χ1) is 8.74. The summed E-state index contributed by atoms with van der Waals surface area (Å²) in [6.07, 6.45) is 2.01. The molecule has 1 aliphatic rings. The second-order valence-electron chi connectivity index (χ2n) is 4.42. The molecule has 1 heterocycles. The Kier molecular flexibility index (Phi) is 3.96. The molecular formula is C14H16N2O2. The number of rotatable bonds is 2.